The van der Waals surface area contributed by atoms with E-state index in [1.807, 2.05) is 63.6 Å². The van der Waals surface area contributed by atoms with Gasteiger partial charge in [-0.1, -0.05) is 48.6 Å². The van der Waals surface area contributed by atoms with Crippen LogP contribution in [0.1, 0.15) is 30.5 Å². The van der Waals surface area contributed by atoms with E-state index in [4.69, 9.17) is 0 Å². The van der Waals surface area contributed by atoms with Crippen molar-refractivity contribution in [2.45, 2.75) is 26.9 Å². The van der Waals surface area contributed by atoms with Gasteiger partial charge in [0.05, 0.1) is 23.6 Å². The SMILES string of the molecule is C/C=c1/ncn(Cc2ccc(F)cc2)/c1=C/C.CN=C(NC)c1ccc(CN(C)C(=O)CNC=O)cc1. The Morgan fingerprint density at radius 1 is 1.08 bits per heavy atom. The van der Waals surface area contributed by atoms with E-state index in [-0.39, 0.29) is 18.3 Å². The van der Waals surface area contributed by atoms with Gasteiger partial charge in [0.25, 0.3) is 0 Å². The summed E-state index contributed by atoms with van der Waals surface area (Å²) in [6.07, 6.45) is 6.35. The number of benzene rings is 2. The fraction of sp³-hybridized carbons (Fsp3) is 0.286. The zero-order chi connectivity index (χ0) is 27.2. The van der Waals surface area contributed by atoms with Gasteiger partial charge in [-0.2, -0.15) is 0 Å². The molecule has 0 unspecified atom stereocenters. The summed E-state index contributed by atoms with van der Waals surface area (Å²) in [5.74, 6) is 0.479. The number of halogens is 1. The normalized spacial score (nSPS) is 12.0. The zero-order valence-electron chi connectivity index (χ0n) is 22.0. The molecule has 0 aliphatic heterocycles. The first kappa shape index (κ1) is 29.0. The molecule has 2 N–H and O–H groups in total. The molecule has 0 saturated carbocycles. The van der Waals surface area contributed by atoms with Crippen LogP contribution in [-0.2, 0) is 22.7 Å². The molecule has 1 aromatic heterocycles. The molecule has 9 heteroatoms. The van der Waals surface area contributed by atoms with Crippen molar-refractivity contribution in [2.24, 2.45) is 4.99 Å². The Morgan fingerprint density at radius 2 is 1.73 bits per heavy atom. The summed E-state index contributed by atoms with van der Waals surface area (Å²) in [4.78, 5) is 31.8. The molecule has 0 fully saturated rings. The zero-order valence-corrected chi connectivity index (χ0v) is 22.0. The minimum absolute atomic E-state index is 0.0183. The molecule has 0 aliphatic rings. The van der Waals surface area contributed by atoms with E-state index >= 15 is 0 Å². The molecule has 0 spiro atoms. The number of amides is 2. The van der Waals surface area contributed by atoms with Crippen molar-refractivity contribution in [3.05, 3.63) is 88.1 Å². The molecule has 0 aliphatic carbocycles. The topological polar surface area (TPSA) is 91.6 Å². The average molecular weight is 507 g/mol. The van der Waals surface area contributed by atoms with E-state index in [1.165, 1.54) is 12.1 Å². The highest BCUT2D eigenvalue weighted by Crippen LogP contribution is 2.07. The maximum Gasteiger partial charge on any atom is 0.241 e. The molecule has 1 heterocycles. The van der Waals surface area contributed by atoms with Crippen molar-refractivity contribution < 1.29 is 14.0 Å². The second-order valence-corrected chi connectivity index (χ2v) is 8.11. The van der Waals surface area contributed by atoms with Crippen molar-refractivity contribution in [3.63, 3.8) is 0 Å². The summed E-state index contributed by atoms with van der Waals surface area (Å²) in [7, 11) is 5.25. The fourth-order valence-corrected chi connectivity index (χ4v) is 3.64. The Morgan fingerprint density at radius 3 is 2.27 bits per heavy atom. The number of aromatic nitrogens is 2. The Bertz CT molecular complexity index is 1300. The monoisotopic (exact) mass is 506 g/mol. The average Bonchev–Trinajstić information content (AvgIpc) is 3.32. The molecule has 3 aromatic rings. The molecule has 196 valence electrons. The van der Waals surface area contributed by atoms with Gasteiger partial charge >= 0.3 is 0 Å². The predicted molar refractivity (Wildman–Crippen MR) is 146 cm³/mol. The first-order valence-corrected chi connectivity index (χ1v) is 11.9. The molecule has 2 amide bonds. The Balaban J connectivity index is 0.000000263. The van der Waals surface area contributed by atoms with Gasteiger partial charge in [-0.25, -0.2) is 9.37 Å². The smallest absolute Gasteiger partial charge is 0.241 e. The molecule has 37 heavy (non-hydrogen) atoms. The summed E-state index contributed by atoms with van der Waals surface area (Å²) in [5, 5.41) is 7.45. The van der Waals surface area contributed by atoms with Crippen LogP contribution < -0.4 is 21.3 Å². The second-order valence-electron chi connectivity index (χ2n) is 8.11. The summed E-state index contributed by atoms with van der Waals surface area (Å²) in [5.41, 5.74) is 3.08. The van der Waals surface area contributed by atoms with Crippen molar-refractivity contribution in [3.8, 4) is 0 Å². The maximum atomic E-state index is 12.8. The van der Waals surface area contributed by atoms with E-state index in [9.17, 15) is 14.0 Å². The van der Waals surface area contributed by atoms with Crippen molar-refractivity contribution >= 4 is 30.3 Å². The van der Waals surface area contributed by atoms with E-state index in [0.29, 0.717) is 19.5 Å². The number of imidazole rings is 1. The summed E-state index contributed by atoms with van der Waals surface area (Å²) in [6, 6.07) is 14.4. The molecular weight excluding hydrogens is 471 g/mol. The highest BCUT2D eigenvalue weighted by atomic mass is 19.1. The highest BCUT2D eigenvalue weighted by Gasteiger charge is 2.09. The molecule has 0 saturated heterocycles. The van der Waals surface area contributed by atoms with Crippen LogP contribution in [0.2, 0.25) is 0 Å². The molecule has 0 radical (unpaired) electrons. The quantitative estimate of drug-likeness (QED) is 0.276. The minimum Gasteiger partial charge on any atom is -0.373 e. The lowest BCUT2D eigenvalue weighted by Gasteiger charge is -2.17. The van der Waals surface area contributed by atoms with E-state index in [1.54, 1.807) is 31.1 Å². The number of nitrogens with one attached hydrogen (secondary N) is 2. The third-order valence-corrected chi connectivity index (χ3v) is 5.59. The highest BCUT2D eigenvalue weighted by molar-refractivity contribution is 5.98. The van der Waals surface area contributed by atoms with Crippen LogP contribution in [0.5, 0.6) is 0 Å². The number of hydrogen-bond donors (Lipinski definition) is 2. The van der Waals surface area contributed by atoms with Gasteiger partial charge in [0, 0.05) is 39.8 Å². The number of nitrogens with zero attached hydrogens (tertiary/aromatic N) is 4. The van der Waals surface area contributed by atoms with Crippen molar-refractivity contribution in [1.29, 1.82) is 0 Å². The number of likely N-dealkylation sites (N-methyl/N-ethyl adjacent to an activating group) is 1. The Labute approximate surface area is 217 Å². The third-order valence-electron chi connectivity index (χ3n) is 5.59. The first-order valence-electron chi connectivity index (χ1n) is 11.9. The predicted octanol–water partition coefficient (Wildman–Crippen LogP) is 1.66. The van der Waals surface area contributed by atoms with Gasteiger partial charge in [0.15, 0.2) is 0 Å². The number of amidine groups is 1. The summed E-state index contributed by atoms with van der Waals surface area (Å²) in [6.45, 7) is 5.19. The lowest BCUT2D eigenvalue weighted by atomic mass is 10.1. The van der Waals surface area contributed by atoms with Crippen molar-refractivity contribution in [2.75, 3.05) is 27.7 Å². The number of rotatable bonds is 8. The number of carbonyl (C=O) groups excluding carboxylic acids is 2. The first-order chi connectivity index (χ1) is 17.9. The standard InChI is InChI=1S/C14H15FN2.C14H20N4O2/c1-3-13-14(4-2)17(10-16-13)9-11-5-7-12(15)8-6-11;1-15-14(16-2)12-6-4-11(5-7-12)9-18(3)13(20)8-17-10-19/h3-8,10H,9H2,1-2H3;4-7,10H,8-9H2,1-3H3,(H,15,16)(H,17,19)/b13-3+,14-4+;. The van der Waals surface area contributed by atoms with Crippen molar-refractivity contribution in [1.82, 2.24) is 25.1 Å². The van der Waals surface area contributed by atoms with E-state index in [2.05, 4.69) is 25.2 Å². The molecule has 0 atom stereocenters. The lowest BCUT2D eigenvalue weighted by Crippen LogP contribution is -2.34. The Kier molecular flexibility index (Phi) is 11.7. The van der Waals surface area contributed by atoms with Crippen LogP contribution in [0.25, 0.3) is 12.2 Å². The van der Waals surface area contributed by atoms with Gasteiger partial charge in [-0.3, -0.25) is 14.6 Å². The second kappa shape index (κ2) is 15.0. The van der Waals surface area contributed by atoms with Gasteiger partial charge < -0.3 is 20.1 Å². The van der Waals surface area contributed by atoms with Crippen LogP contribution in [-0.4, -0.2) is 60.3 Å². The van der Waals surface area contributed by atoms with Gasteiger partial charge in [-0.05, 0) is 37.1 Å². The van der Waals surface area contributed by atoms with Gasteiger partial charge in [-0.15, -0.1) is 0 Å². The van der Waals surface area contributed by atoms with Crippen LogP contribution in [0, 0.1) is 5.82 Å². The molecule has 2 aromatic carbocycles. The minimum atomic E-state index is -0.204. The van der Waals surface area contributed by atoms with E-state index in [0.717, 1.165) is 33.2 Å². The van der Waals surface area contributed by atoms with Crippen LogP contribution in [0.15, 0.2) is 59.9 Å². The maximum absolute atomic E-state index is 12.8. The summed E-state index contributed by atoms with van der Waals surface area (Å²) >= 11 is 0. The molecule has 3 rings (SSSR count). The van der Waals surface area contributed by atoms with Gasteiger partial charge in [0.2, 0.25) is 12.3 Å². The number of hydrogen-bond acceptors (Lipinski definition) is 4. The fourth-order valence-electron chi connectivity index (χ4n) is 3.64. The van der Waals surface area contributed by atoms with Gasteiger partial charge in [0.1, 0.15) is 11.7 Å². The molecule has 0 bridgehead atoms. The largest absolute Gasteiger partial charge is 0.373 e. The summed E-state index contributed by atoms with van der Waals surface area (Å²) < 4.78 is 14.9. The molecular formula is C28H35FN6O2. The third kappa shape index (κ3) is 8.71. The number of carbonyl (C=O) groups is 2. The molecule has 8 nitrogen and oxygen atoms in total. The van der Waals surface area contributed by atoms with Crippen LogP contribution >= 0.6 is 0 Å². The van der Waals surface area contributed by atoms with Crippen LogP contribution in [0.3, 0.4) is 0 Å². The lowest BCUT2D eigenvalue weighted by molar-refractivity contribution is -0.130. The van der Waals surface area contributed by atoms with Crippen LogP contribution in [0.4, 0.5) is 4.39 Å². The Hall–Kier alpha value is -4.27. The number of aliphatic imine (C=N–C) groups is 1. The van der Waals surface area contributed by atoms with E-state index < -0.39 is 0 Å².